The molecule has 0 bridgehead atoms. The van der Waals surface area contributed by atoms with Gasteiger partial charge in [0, 0.05) is 12.6 Å². The number of amides is 1. The van der Waals surface area contributed by atoms with Gasteiger partial charge in [0.2, 0.25) is 0 Å². The van der Waals surface area contributed by atoms with Gasteiger partial charge in [-0.2, -0.15) is 0 Å². The number of hydrogen-bond donors (Lipinski definition) is 1. The highest BCUT2D eigenvalue weighted by molar-refractivity contribution is 6.04. The topological polar surface area (TPSA) is 57.6 Å². The van der Waals surface area contributed by atoms with Crippen molar-refractivity contribution in [3.63, 3.8) is 0 Å². The number of nitrogens with zero attached hydrogens (tertiary/aromatic N) is 1. The zero-order valence-corrected chi connectivity index (χ0v) is 10.6. The van der Waals surface area contributed by atoms with E-state index in [0.717, 1.165) is 0 Å². The molecule has 0 saturated carbocycles. The second-order valence-electron chi connectivity index (χ2n) is 4.19. The van der Waals surface area contributed by atoms with Crippen molar-refractivity contribution in [1.29, 1.82) is 0 Å². The number of hydrogen-bond acceptors (Lipinski definition) is 2. The molecule has 0 heterocycles. The van der Waals surface area contributed by atoms with Crippen LogP contribution in [0.3, 0.4) is 0 Å². The third kappa shape index (κ3) is 2.97. The Morgan fingerprint density at radius 1 is 1.33 bits per heavy atom. The Labute approximate surface area is 107 Å². The summed E-state index contributed by atoms with van der Waals surface area (Å²) in [5, 5.41) is 9.07. The first kappa shape index (κ1) is 14.0. The zero-order valence-electron chi connectivity index (χ0n) is 10.6. The van der Waals surface area contributed by atoms with Gasteiger partial charge >= 0.3 is 5.97 Å². The van der Waals surface area contributed by atoms with Crippen LogP contribution in [0.4, 0.5) is 0 Å². The van der Waals surface area contributed by atoms with E-state index in [1.54, 1.807) is 23.1 Å². The van der Waals surface area contributed by atoms with Gasteiger partial charge in [0.25, 0.3) is 5.91 Å². The minimum Gasteiger partial charge on any atom is -0.478 e. The van der Waals surface area contributed by atoms with Crippen LogP contribution in [-0.2, 0) is 0 Å². The number of carboxylic acids is 1. The fourth-order valence-corrected chi connectivity index (χ4v) is 1.68. The Morgan fingerprint density at radius 3 is 2.33 bits per heavy atom. The molecule has 4 nitrogen and oxygen atoms in total. The minimum absolute atomic E-state index is 0.0163. The predicted octanol–water partition coefficient (Wildman–Crippen LogP) is 2.42. The summed E-state index contributed by atoms with van der Waals surface area (Å²) in [5.74, 6) is -1.39. The van der Waals surface area contributed by atoms with Crippen LogP contribution in [0, 0.1) is 0 Å². The van der Waals surface area contributed by atoms with Gasteiger partial charge in [-0.05, 0) is 26.0 Å². The lowest BCUT2D eigenvalue weighted by molar-refractivity contribution is 0.0667. The van der Waals surface area contributed by atoms with Crippen LogP contribution < -0.4 is 0 Å². The normalized spacial score (nSPS) is 10.2. The van der Waals surface area contributed by atoms with Gasteiger partial charge in [-0.25, -0.2) is 4.79 Å². The predicted molar refractivity (Wildman–Crippen MR) is 69.8 cm³/mol. The maximum absolute atomic E-state index is 12.3. The highest BCUT2D eigenvalue weighted by Crippen LogP contribution is 2.14. The molecule has 0 fully saturated rings. The molecule has 1 aromatic rings. The van der Waals surface area contributed by atoms with Crippen LogP contribution in [-0.4, -0.2) is 34.5 Å². The van der Waals surface area contributed by atoms with Crippen molar-refractivity contribution in [2.45, 2.75) is 19.9 Å². The van der Waals surface area contributed by atoms with Gasteiger partial charge < -0.3 is 10.0 Å². The Bertz CT molecular complexity index is 466. The lowest BCUT2D eigenvalue weighted by atomic mass is 10.1. The third-order valence-corrected chi connectivity index (χ3v) is 2.60. The van der Waals surface area contributed by atoms with E-state index in [1.807, 2.05) is 13.8 Å². The van der Waals surface area contributed by atoms with E-state index in [9.17, 15) is 9.59 Å². The van der Waals surface area contributed by atoms with Crippen molar-refractivity contribution in [2.75, 3.05) is 6.54 Å². The van der Waals surface area contributed by atoms with Crippen LogP contribution in [0.1, 0.15) is 34.6 Å². The van der Waals surface area contributed by atoms with Gasteiger partial charge in [0.05, 0.1) is 11.1 Å². The largest absolute Gasteiger partial charge is 0.478 e. The molecular formula is C14H17NO3. The number of aromatic carboxylic acids is 1. The SMILES string of the molecule is C=CCN(C(=O)c1ccccc1C(=O)O)C(C)C. The number of carboxylic acid groups (broad SMARTS) is 1. The van der Waals surface area contributed by atoms with E-state index in [-0.39, 0.29) is 23.1 Å². The van der Waals surface area contributed by atoms with E-state index < -0.39 is 5.97 Å². The maximum Gasteiger partial charge on any atom is 0.336 e. The highest BCUT2D eigenvalue weighted by atomic mass is 16.4. The molecule has 1 rings (SSSR count). The molecule has 0 radical (unpaired) electrons. The Kier molecular flexibility index (Phi) is 4.66. The first-order chi connectivity index (χ1) is 8.49. The molecule has 4 heteroatoms. The van der Waals surface area contributed by atoms with Crippen LogP contribution in [0.2, 0.25) is 0 Å². The molecule has 0 unspecified atom stereocenters. The summed E-state index contributed by atoms with van der Waals surface area (Å²) in [4.78, 5) is 25.0. The van der Waals surface area contributed by atoms with Crippen molar-refractivity contribution >= 4 is 11.9 Å². The van der Waals surface area contributed by atoms with Crippen LogP contribution in [0.15, 0.2) is 36.9 Å². The quantitative estimate of drug-likeness (QED) is 0.813. The average molecular weight is 247 g/mol. The summed E-state index contributed by atoms with van der Waals surface area (Å²) in [5.41, 5.74) is 0.234. The monoisotopic (exact) mass is 247 g/mol. The molecule has 1 amide bonds. The summed E-state index contributed by atoms with van der Waals surface area (Å²) in [7, 11) is 0. The Morgan fingerprint density at radius 2 is 1.89 bits per heavy atom. The smallest absolute Gasteiger partial charge is 0.336 e. The third-order valence-electron chi connectivity index (χ3n) is 2.60. The summed E-state index contributed by atoms with van der Waals surface area (Å²) in [6.45, 7) is 7.76. The summed E-state index contributed by atoms with van der Waals surface area (Å²) >= 11 is 0. The van der Waals surface area contributed by atoms with Gasteiger partial charge in [0.1, 0.15) is 0 Å². The van der Waals surface area contributed by atoms with E-state index >= 15 is 0 Å². The van der Waals surface area contributed by atoms with E-state index in [4.69, 9.17) is 5.11 Å². The molecular weight excluding hydrogens is 230 g/mol. The molecule has 0 atom stereocenters. The fourth-order valence-electron chi connectivity index (χ4n) is 1.68. The van der Waals surface area contributed by atoms with Crippen LogP contribution >= 0.6 is 0 Å². The molecule has 18 heavy (non-hydrogen) atoms. The maximum atomic E-state index is 12.3. The molecule has 96 valence electrons. The Balaban J connectivity index is 3.16. The zero-order chi connectivity index (χ0) is 13.7. The first-order valence-corrected chi connectivity index (χ1v) is 5.73. The molecule has 0 aliphatic rings. The molecule has 0 spiro atoms. The van der Waals surface area contributed by atoms with Crippen molar-refractivity contribution < 1.29 is 14.7 Å². The molecule has 0 aliphatic carbocycles. The lowest BCUT2D eigenvalue weighted by Crippen LogP contribution is -2.37. The van der Waals surface area contributed by atoms with Crippen molar-refractivity contribution in [2.24, 2.45) is 0 Å². The van der Waals surface area contributed by atoms with Gasteiger partial charge in [-0.15, -0.1) is 6.58 Å². The lowest BCUT2D eigenvalue weighted by Gasteiger charge is -2.26. The highest BCUT2D eigenvalue weighted by Gasteiger charge is 2.22. The molecule has 0 saturated heterocycles. The van der Waals surface area contributed by atoms with Crippen molar-refractivity contribution in [3.8, 4) is 0 Å². The minimum atomic E-state index is -1.10. The molecule has 0 aromatic heterocycles. The molecule has 1 N–H and O–H groups in total. The van der Waals surface area contributed by atoms with E-state index in [0.29, 0.717) is 6.54 Å². The summed E-state index contributed by atoms with van der Waals surface area (Å²) in [6, 6.07) is 6.21. The second-order valence-corrected chi connectivity index (χ2v) is 4.19. The number of benzene rings is 1. The number of rotatable bonds is 5. The van der Waals surface area contributed by atoms with E-state index in [2.05, 4.69) is 6.58 Å². The van der Waals surface area contributed by atoms with Crippen LogP contribution in [0.25, 0.3) is 0 Å². The Hall–Kier alpha value is -2.10. The van der Waals surface area contributed by atoms with Crippen molar-refractivity contribution in [3.05, 3.63) is 48.0 Å². The average Bonchev–Trinajstić information content (AvgIpc) is 2.34. The van der Waals surface area contributed by atoms with Crippen LogP contribution in [0.5, 0.6) is 0 Å². The van der Waals surface area contributed by atoms with Crippen molar-refractivity contribution in [1.82, 2.24) is 4.90 Å². The fraction of sp³-hybridized carbons (Fsp3) is 0.286. The number of carbonyl (C=O) groups is 2. The standard InChI is InChI=1S/C14H17NO3/c1-4-9-15(10(2)3)13(16)11-7-5-6-8-12(11)14(17)18/h4-8,10H,1,9H2,2-3H3,(H,17,18). The van der Waals surface area contributed by atoms with Gasteiger partial charge in [-0.1, -0.05) is 18.2 Å². The van der Waals surface area contributed by atoms with Gasteiger partial charge in [0.15, 0.2) is 0 Å². The first-order valence-electron chi connectivity index (χ1n) is 5.73. The summed E-state index contributed by atoms with van der Waals surface area (Å²) in [6.07, 6.45) is 1.63. The number of carbonyl (C=O) groups excluding carboxylic acids is 1. The van der Waals surface area contributed by atoms with E-state index in [1.165, 1.54) is 12.1 Å². The molecule has 1 aromatic carbocycles. The summed E-state index contributed by atoms with van der Waals surface area (Å²) < 4.78 is 0. The molecule has 0 aliphatic heterocycles. The van der Waals surface area contributed by atoms with Gasteiger partial charge in [-0.3, -0.25) is 4.79 Å². The second kappa shape index (κ2) is 6.00.